The summed E-state index contributed by atoms with van der Waals surface area (Å²) in [5.41, 5.74) is 1.78. The predicted octanol–water partition coefficient (Wildman–Crippen LogP) is 2.48. The zero-order chi connectivity index (χ0) is 15.5. The normalized spacial score (nSPS) is 17.7. The third-order valence-electron chi connectivity index (χ3n) is 3.99. The van der Waals surface area contributed by atoms with Crippen LogP contribution >= 0.6 is 0 Å². The van der Waals surface area contributed by atoms with E-state index in [0.717, 1.165) is 30.0 Å². The molecule has 1 amide bonds. The van der Waals surface area contributed by atoms with Crippen molar-refractivity contribution in [1.29, 1.82) is 0 Å². The summed E-state index contributed by atoms with van der Waals surface area (Å²) in [5, 5.41) is 0. The van der Waals surface area contributed by atoms with Gasteiger partial charge in [-0.2, -0.15) is 0 Å². The van der Waals surface area contributed by atoms with Gasteiger partial charge in [-0.1, -0.05) is 12.1 Å². The fourth-order valence-corrected chi connectivity index (χ4v) is 2.75. The number of hydrogen-bond donors (Lipinski definition) is 0. The maximum atomic E-state index is 12.9. The van der Waals surface area contributed by atoms with Gasteiger partial charge in [-0.25, -0.2) is 14.4 Å². The average molecular weight is 299 g/mol. The van der Waals surface area contributed by atoms with Gasteiger partial charge in [0.2, 0.25) is 5.91 Å². The summed E-state index contributed by atoms with van der Waals surface area (Å²) in [4.78, 5) is 23.0. The van der Waals surface area contributed by atoms with Crippen LogP contribution in [-0.4, -0.2) is 33.9 Å². The number of halogens is 1. The van der Waals surface area contributed by atoms with E-state index in [9.17, 15) is 9.18 Å². The SMILES string of the molecule is Cc1ccnc(C2CCN(C(=O)Cc3ccc(F)cc3)C2)n1. The van der Waals surface area contributed by atoms with Crippen molar-refractivity contribution >= 4 is 5.91 Å². The summed E-state index contributed by atoms with van der Waals surface area (Å²) in [7, 11) is 0. The van der Waals surface area contributed by atoms with Gasteiger partial charge in [0.05, 0.1) is 6.42 Å². The fraction of sp³-hybridized carbons (Fsp3) is 0.353. The number of nitrogens with zero attached hydrogens (tertiary/aromatic N) is 3. The minimum atomic E-state index is -0.283. The minimum Gasteiger partial charge on any atom is -0.342 e. The number of amides is 1. The van der Waals surface area contributed by atoms with Crippen molar-refractivity contribution in [2.45, 2.75) is 25.7 Å². The molecule has 4 nitrogen and oxygen atoms in total. The highest BCUT2D eigenvalue weighted by Crippen LogP contribution is 2.25. The van der Waals surface area contributed by atoms with Crippen molar-refractivity contribution in [2.24, 2.45) is 0 Å². The average Bonchev–Trinajstić information content (AvgIpc) is 3.00. The first-order valence-corrected chi connectivity index (χ1v) is 7.43. The van der Waals surface area contributed by atoms with Gasteiger partial charge in [0.25, 0.3) is 0 Å². The lowest BCUT2D eigenvalue weighted by atomic mass is 10.1. The monoisotopic (exact) mass is 299 g/mol. The Kier molecular flexibility index (Phi) is 4.13. The molecule has 22 heavy (non-hydrogen) atoms. The number of carbonyl (C=O) groups is 1. The Hall–Kier alpha value is -2.30. The number of rotatable bonds is 3. The van der Waals surface area contributed by atoms with Crippen molar-refractivity contribution in [1.82, 2.24) is 14.9 Å². The molecule has 1 saturated heterocycles. The molecule has 0 radical (unpaired) electrons. The molecule has 1 aliphatic rings. The Bertz CT molecular complexity index is 672. The van der Waals surface area contributed by atoms with Gasteiger partial charge in [0.1, 0.15) is 11.6 Å². The first-order chi connectivity index (χ1) is 10.6. The van der Waals surface area contributed by atoms with E-state index in [1.807, 2.05) is 17.9 Å². The van der Waals surface area contributed by atoms with Gasteiger partial charge in [0, 0.05) is 30.9 Å². The minimum absolute atomic E-state index is 0.0711. The lowest BCUT2D eigenvalue weighted by Gasteiger charge is -2.16. The summed E-state index contributed by atoms with van der Waals surface area (Å²) >= 11 is 0. The molecule has 2 heterocycles. The van der Waals surface area contributed by atoms with Crippen LogP contribution in [0.3, 0.4) is 0 Å². The lowest BCUT2D eigenvalue weighted by Crippen LogP contribution is -2.30. The predicted molar refractivity (Wildman–Crippen MR) is 80.8 cm³/mol. The van der Waals surface area contributed by atoms with Crippen LogP contribution in [0.2, 0.25) is 0 Å². The maximum Gasteiger partial charge on any atom is 0.227 e. The molecule has 0 bridgehead atoms. The number of carbonyl (C=O) groups excluding carboxylic acids is 1. The number of hydrogen-bond acceptors (Lipinski definition) is 3. The van der Waals surface area contributed by atoms with E-state index in [2.05, 4.69) is 9.97 Å². The van der Waals surface area contributed by atoms with Gasteiger partial charge in [-0.15, -0.1) is 0 Å². The van der Waals surface area contributed by atoms with Crippen LogP contribution in [0, 0.1) is 12.7 Å². The van der Waals surface area contributed by atoms with Gasteiger partial charge in [-0.3, -0.25) is 4.79 Å². The van der Waals surface area contributed by atoms with Gasteiger partial charge in [-0.05, 0) is 37.1 Å². The molecule has 1 fully saturated rings. The van der Waals surface area contributed by atoms with E-state index in [1.54, 1.807) is 18.3 Å². The highest BCUT2D eigenvalue weighted by atomic mass is 19.1. The van der Waals surface area contributed by atoms with Crippen molar-refractivity contribution in [2.75, 3.05) is 13.1 Å². The second-order valence-electron chi connectivity index (χ2n) is 5.68. The largest absolute Gasteiger partial charge is 0.342 e. The molecule has 3 rings (SSSR count). The molecule has 2 aromatic rings. The maximum absolute atomic E-state index is 12.9. The molecular weight excluding hydrogens is 281 g/mol. The van der Waals surface area contributed by atoms with Crippen molar-refractivity contribution < 1.29 is 9.18 Å². The third-order valence-corrected chi connectivity index (χ3v) is 3.99. The van der Waals surface area contributed by atoms with Crippen LogP contribution in [0.1, 0.15) is 29.4 Å². The van der Waals surface area contributed by atoms with Crippen LogP contribution in [0.5, 0.6) is 0 Å². The van der Waals surface area contributed by atoms with E-state index in [-0.39, 0.29) is 17.6 Å². The van der Waals surface area contributed by atoms with Gasteiger partial charge >= 0.3 is 0 Å². The van der Waals surface area contributed by atoms with Gasteiger partial charge in [0.15, 0.2) is 0 Å². The molecule has 0 saturated carbocycles. The first kappa shape index (κ1) is 14.6. The Morgan fingerprint density at radius 3 is 2.82 bits per heavy atom. The third kappa shape index (κ3) is 3.30. The van der Waals surface area contributed by atoms with E-state index < -0.39 is 0 Å². The van der Waals surface area contributed by atoms with Crippen molar-refractivity contribution in [3.8, 4) is 0 Å². The number of benzene rings is 1. The van der Waals surface area contributed by atoms with Crippen LogP contribution in [0.25, 0.3) is 0 Å². The molecular formula is C17H18FN3O. The van der Waals surface area contributed by atoms with E-state index in [0.29, 0.717) is 13.0 Å². The molecule has 1 aliphatic heterocycles. The van der Waals surface area contributed by atoms with E-state index >= 15 is 0 Å². The quantitative estimate of drug-likeness (QED) is 0.874. The molecule has 1 aromatic carbocycles. The summed E-state index contributed by atoms with van der Waals surface area (Å²) in [6, 6.07) is 7.96. The zero-order valence-electron chi connectivity index (χ0n) is 12.5. The highest BCUT2D eigenvalue weighted by molar-refractivity contribution is 5.79. The topological polar surface area (TPSA) is 46.1 Å². The number of aromatic nitrogens is 2. The van der Waals surface area contributed by atoms with Crippen LogP contribution in [-0.2, 0) is 11.2 Å². The van der Waals surface area contributed by atoms with Gasteiger partial charge < -0.3 is 4.90 Å². The summed E-state index contributed by atoms with van der Waals surface area (Å²) in [5.74, 6) is 0.810. The number of likely N-dealkylation sites (tertiary alicyclic amines) is 1. The Morgan fingerprint density at radius 1 is 1.32 bits per heavy atom. The summed E-state index contributed by atoms with van der Waals surface area (Å²) < 4.78 is 12.9. The molecule has 114 valence electrons. The molecule has 5 heteroatoms. The fourth-order valence-electron chi connectivity index (χ4n) is 2.75. The first-order valence-electron chi connectivity index (χ1n) is 7.43. The van der Waals surface area contributed by atoms with E-state index in [1.165, 1.54) is 12.1 Å². The summed E-state index contributed by atoms with van der Waals surface area (Å²) in [6.07, 6.45) is 2.96. The standard InChI is InChI=1S/C17H18FN3O/c1-12-6-8-19-17(20-12)14-7-9-21(11-14)16(22)10-13-2-4-15(18)5-3-13/h2-6,8,14H,7,9-11H2,1H3. The molecule has 1 unspecified atom stereocenters. The second-order valence-corrected chi connectivity index (χ2v) is 5.68. The Morgan fingerprint density at radius 2 is 2.09 bits per heavy atom. The summed E-state index contributed by atoms with van der Waals surface area (Å²) in [6.45, 7) is 3.32. The Labute approximate surface area is 129 Å². The van der Waals surface area contributed by atoms with Crippen molar-refractivity contribution in [3.05, 3.63) is 59.4 Å². The zero-order valence-corrected chi connectivity index (χ0v) is 12.5. The highest BCUT2D eigenvalue weighted by Gasteiger charge is 2.28. The lowest BCUT2D eigenvalue weighted by molar-refractivity contribution is -0.129. The molecule has 0 N–H and O–H groups in total. The van der Waals surface area contributed by atoms with Crippen LogP contribution in [0.15, 0.2) is 36.5 Å². The Balaban J connectivity index is 1.62. The van der Waals surface area contributed by atoms with Crippen LogP contribution in [0.4, 0.5) is 4.39 Å². The molecule has 0 aliphatic carbocycles. The second kappa shape index (κ2) is 6.22. The smallest absolute Gasteiger partial charge is 0.227 e. The van der Waals surface area contributed by atoms with Crippen LogP contribution < -0.4 is 0 Å². The molecule has 1 atom stereocenters. The van der Waals surface area contributed by atoms with Crippen molar-refractivity contribution in [3.63, 3.8) is 0 Å². The molecule has 1 aromatic heterocycles. The number of aryl methyl sites for hydroxylation is 1. The van der Waals surface area contributed by atoms with E-state index in [4.69, 9.17) is 0 Å². The molecule has 0 spiro atoms.